The van der Waals surface area contributed by atoms with Crippen LogP contribution < -0.4 is 5.32 Å². The Balaban J connectivity index is 2.11. The highest BCUT2D eigenvalue weighted by atomic mass is 35.5. The van der Waals surface area contributed by atoms with Gasteiger partial charge < -0.3 is 19.4 Å². The number of carbonyl (C=O) groups is 2. The van der Waals surface area contributed by atoms with Crippen molar-refractivity contribution in [1.29, 1.82) is 0 Å². The molecule has 1 fully saturated rings. The highest BCUT2D eigenvalue weighted by Crippen LogP contribution is 2.28. The minimum Gasteiger partial charge on any atom is -0.411 e. The Morgan fingerprint density at radius 1 is 1.16 bits per heavy atom. The van der Waals surface area contributed by atoms with Crippen molar-refractivity contribution in [2.24, 2.45) is 5.92 Å². The van der Waals surface area contributed by atoms with E-state index in [1.54, 1.807) is 12.1 Å². The molecule has 0 saturated carbocycles. The minimum absolute atomic E-state index is 0.0591. The van der Waals surface area contributed by atoms with Gasteiger partial charge in [0.05, 0.1) is 17.2 Å². The van der Waals surface area contributed by atoms with Crippen LogP contribution in [0.1, 0.15) is 56.3 Å². The molecule has 6 nitrogen and oxygen atoms in total. The first-order valence-electron chi connectivity index (χ1n) is 10.8. The number of ether oxygens (including phenoxy) is 1. The number of Topliss-reactive ketones (excluding diaryl/α,β-unsaturated/α-hetero) is 1. The summed E-state index contributed by atoms with van der Waals surface area (Å²) in [4.78, 5) is 25.9. The fourth-order valence-corrected chi connectivity index (χ4v) is 4.06. The van der Waals surface area contributed by atoms with Crippen LogP contribution in [0.2, 0.25) is 15.9 Å². The van der Waals surface area contributed by atoms with E-state index in [1.165, 1.54) is 13.2 Å². The highest BCUT2D eigenvalue weighted by molar-refractivity contribution is 6.47. The van der Waals surface area contributed by atoms with Crippen LogP contribution in [0, 0.1) is 5.92 Å². The second kappa shape index (κ2) is 13.4. The largest absolute Gasteiger partial charge is 0.460 e. The SMILES string of the molecule is COC[C@H](NC(=O)c1cc(Cl)ccc1Cl)C(=O)C[C@@H](CC(C)C)B1OCCCCCO1. The predicted molar refractivity (Wildman–Crippen MR) is 124 cm³/mol. The molecule has 0 unspecified atom stereocenters. The van der Waals surface area contributed by atoms with Crippen molar-refractivity contribution in [2.75, 3.05) is 26.9 Å². The van der Waals surface area contributed by atoms with Crippen LogP contribution in [-0.4, -0.2) is 51.8 Å². The van der Waals surface area contributed by atoms with Crippen LogP contribution in [0.25, 0.3) is 0 Å². The average Bonchev–Trinajstić information content (AvgIpc) is 2.68. The summed E-state index contributed by atoms with van der Waals surface area (Å²) in [7, 11) is 1.07. The molecule has 172 valence electrons. The lowest BCUT2D eigenvalue weighted by atomic mass is 9.65. The number of amides is 1. The highest BCUT2D eigenvalue weighted by Gasteiger charge is 2.35. The molecule has 1 saturated heterocycles. The Labute approximate surface area is 195 Å². The molecule has 1 amide bonds. The Morgan fingerprint density at radius 2 is 1.84 bits per heavy atom. The van der Waals surface area contributed by atoms with E-state index in [1.807, 2.05) is 0 Å². The van der Waals surface area contributed by atoms with Gasteiger partial charge in [-0.3, -0.25) is 9.59 Å². The number of hydrogen-bond acceptors (Lipinski definition) is 5. The molecule has 2 atom stereocenters. The molecular formula is C22H32BCl2NO5. The number of ketones is 1. The molecule has 1 aromatic carbocycles. The van der Waals surface area contributed by atoms with Crippen LogP contribution in [0.4, 0.5) is 0 Å². The third kappa shape index (κ3) is 8.74. The van der Waals surface area contributed by atoms with Crippen molar-refractivity contribution >= 4 is 42.0 Å². The number of rotatable bonds is 10. The summed E-state index contributed by atoms with van der Waals surface area (Å²) in [6.07, 6.45) is 4.06. The monoisotopic (exact) mass is 471 g/mol. The average molecular weight is 472 g/mol. The topological polar surface area (TPSA) is 73.9 Å². The van der Waals surface area contributed by atoms with E-state index in [0.717, 1.165) is 25.7 Å². The second-order valence-electron chi connectivity index (χ2n) is 8.34. The summed E-state index contributed by atoms with van der Waals surface area (Å²) in [5.41, 5.74) is 0.216. The first-order chi connectivity index (χ1) is 14.8. The zero-order valence-corrected chi connectivity index (χ0v) is 20.0. The Morgan fingerprint density at radius 3 is 2.45 bits per heavy atom. The van der Waals surface area contributed by atoms with Gasteiger partial charge in [-0.25, -0.2) is 0 Å². The molecule has 9 heteroatoms. The lowest BCUT2D eigenvalue weighted by Crippen LogP contribution is -2.45. The van der Waals surface area contributed by atoms with E-state index >= 15 is 0 Å². The zero-order chi connectivity index (χ0) is 22.8. The molecule has 1 aromatic rings. The van der Waals surface area contributed by atoms with E-state index < -0.39 is 19.1 Å². The first-order valence-corrected chi connectivity index (χ1v) is 11.6. The maximum atomic E-state index is 13.2. The first kappa shape index (κ1) is 26.1. The zero-order valence-electron chi connectivity index (χ0n) is 18.5. The minimum atomic E-state index is -0.809. The molecule has 0 aliphatic carbocycles. The van der Waals surface area contributed by atoms with Crippen LogP contribution in [0.15, 0.2) is 18.2 Å². The predicted octanol–water partition coefficient (Wildman–Crippen LogP) is 4.82. The molecule has 0 spiro atoms. The summed E-state index contributed by atoms with van der Waals surface area (Å²) < 4.78 is 17.1. The van der Waals surface area contributed by atoms with E-state index in [4.69, 9.17) is 37.2 Å². The summed E-state index contributed by atoms with van der Waals surface area (Å²) in [5.74, 6) is -0.331. The Bertz CT molecular complexity index is 726. The molecule has 31 heavy (non-hydrogen) atoms. The van der Waals surface area contributed by atoms with E-state index in [9.17, 15) is 9.59 Å². The molecule has 1 aliphatic heterocycles. The van der Waals surface area contributed by atoms with E-state index in [0.29, 0.717) is 24.2 Å². The normalized spacial score (nSPS) is 17.0. The number of halogens is 2. The lowest BCUT2D eigenvalue weighted by Gasteiger charge is -2.27. The van der Waals surface area contributed by atoms with Crippen LogP contribution in [0.3, 0.4) is 0 Å². The summed E-state index contributed by atoms with van der Waals surface area (Å²) >= 11 is 12.1. The Kier molecular flexibility index (Phi) is 11.3. The molecule has 1 aliphatic rings. The molecule has 0 aromatic heterocycles. The van der Waals surface area contributed by atoms with Gasteiger partial charge in [-0.05, 0) is 49.8 Å². The van der Waals surface area contributed by atoms with Gasteiger partial charge in [-0.15, -0.1) is 0 Å². The molecule has 1 heterocycles. The molecule has 2 rings (SSSR count). The molecule has 0 bridgehead atoms. The summed E-state index contributed by atoms with van der Waals surface area (Å²) in [5, 5.41) is 3.40. The van der Waals surface area contributed by atoms with Crippen molar-refractivity contribution < 1.29 is 23.6 Å². The van der Waals surface area contributed by atoms with E-state index in [2.05, 4.69) is 19.2 Å². The number of methoxy groups -OCH3 is 1. The van der Waals surface area contributed by atoms with Crippen molar-refractivity contribution in [1.82, 2.24) is 5.32 Å². The van der Waals surface area contributed by atoms with Gasteiger partial charge in [0, 0.05) is 37.6 Å². The van der Waals surface area contributed by atoms with Gasteiger partial charge in [0.2, 0.25) is 0 Å². The van der Waals surface area contributed by atoms with Crippen molar-refractivity contribution in [3.63, 3.8) is 0 Å². The molecular weight excluding hydrogens is 440 g/mol. The van der Waals surface area contributed by atoms with Gasteiger partial charge in [-0.1, -0.05) is 37.0 Å². The molecule has 1 N–H and O–H groups in total. The third-order valence-electron chi connectivity index (χ3n) is 5.18. The number of carbonyl (C=O) groups excluding carboxylic acids is 2. The fourth-order valence-electron chi connectivity index (χ4n) is 3.69. The van der Waals surface area contributed by atoms with Gasteiger partial charge in [0.25, 0.3) is 5.91 Å². The Hall–Kier alpha value is -1.12. The maximum Gasteiger partial charge on any atom is 0.460 e. The number of nitrogens with one attached hydrogen (secondary N) is 1. The lowest BCUT2D eigenvalue weighted by molar-refractivity contribution is -0.122. The standard InChI is InChI=1S/C22H32BCl2NO5/c1-15(2)11-16(23-30-9-5-4-6-10-31-23)12-21(27)20(14-29-3)26-22(28)18-13-17(24)7-8-19(18)25/h7-8,13,15-16,20H,4-6,9-12,14H2,1-3H3,(H,26,28)/t16-,20+/m1/s1. The van der Waals surface area contributed by atoms with Gasteiger partial charge in [0.15, 0.2) is 5.78 Å². The summed E-state index contributed by atoms with van der Waals surface area (Å²) in [6.45, 7) is 5.52. The van der Waals surface area contributed by atoms with Crippen LogP contribution in [0.5, 0.6) is 0 Å². The van der Waals surface area contributed by atoms with Crippen molar-refractivity contribution in [3.8, 4) is 0 Å². The number of hydrogen-bond donors (Lipinski definition) is 1. The van der Waals surface area contributed by atoms with Gasteiger partial charge in [-0.2, -0.15) is 0 Å². The summed E-state index contributed by atoms with van der Waals surface area (Å²) in [6, 6.07) is 3.82. The quantitative estimate of drug-likeness (QED) is 0.495. The molecule has 0 radical (unpaired) electrons. The fraction of sp³-hybridized carbons (Fsp3) is 0.636. The third-order valence-corrected chi connectivity index (χ3v) is 5.74. The van der Waals surface area contributed by atoms with Crippen molar-refractivity contribution in [3.05, 3.63) is 33.8 Å². The second-order valence-corrected chi connectivity index (χ2v) is 9.18. The van der Waals surface area contributed by atoms with Crippen molar-refractivity contribution in [2.45, 2.75) is 57.8 Å². The van der Waals surface area contributed by atoms with Crippen LogP contribution >= 0.6 is 23.2 Å². The number of benzene rings is 1. The van der Waals surface area contributed by atoms with Crippen LogP contribution in [-0.2, 0) is 18.8 Å². The van der Waals surface area contributed by atoms with Gasteiger partial charge in [0.1, 0.15) is 6.04 Å². The maximum absolute atomic E-state index is 13.2. The van der Waals surface area contributed by atoms with Gasteiger partial charge >= 0.3 is 7.12 Å². The van der Waals surface area contributed by atoms with E-state index in [-0.39, 0.29) is 35.2 Å². The smallest absolute Gasteiger partial charge is 0.411 e.